The van der Waals surface area contributed by atoms with Crippen molar-refractivity contribution in [3.8, 4) is 17.3 Å². The summed E-state index contributed by atoms with van der Waals surface area (Å²) in [7, 11) is 0. The van der Waals surface area contributed by atoms with E-state index in [-0.39, 0.29) is 11.4 Å². The molecule has 2 heterocycles. The van der Waals surface area contributed by atoms with Crippen molar-refractivity contribution in [2.24, 2.45) is 0 Å². The smallest absolute Gasteiger partial charge is 0.256 e. The Morgan fingerprint density at radius 2 is 2.05 bits per heavy atom. The maximum Gasteiger partial charge on any atom is 0.256 e. The van der Waals surface area contributed by atoms with E-state index in [4.69, 9.17) is 15.4 Å². The molecule has 0 spiro atoms. The Hall–Kier alpha value is -2.85. The molecule has 1 aromatic carbocycles. The molecule has 0 aliphatic carbocycles. The maximum absolute atomic E-state index is 8.79. The number of aromatic nitrogens is 3. The minimum atomic E-state index is 0.186. The number of nitrogens with zero attached hydrogens (tertiary/aromatic N) is 4. The summed E-state index contributed by atoms with van der Waals surface area (Å²) in [5.74, 6) is 1.18. The number of benzene rings is 1. The lowest BCUT2D eigenvalue weighted by Gasteiger charge is -2.00. The van der Waals surface area contributed by atoms with Crippen molar-refractivity contribution in [3.05, 3.63) is 54.2 Å². The molecule has 3 aromatic rings. The zero-order valence-corrected chi connectivity index (χ0v) is 12.2. The van der Waals surface area contributed by atoms with E-state index in [0.29, 0.717) is 16.8 Å². The average molecular weight is 309 g/mol. The summed E-state index contributed by atoms with van der Waals surface area (Å²) < 4.78 is 5.43. The number of nitrogen functional groups attached to an aromatic ring is 1. The Balaban J connectivity index is 1.69. The predicted octanol–water partition coefficient (Wildman–Crippen LogP) is 2.88. The monoisotopic (exact) mass is 309 g/mol. The second-order valence-electron chi connectivity index (χ2n) is 4.35. The van der Waals surface area contributed by atoms with Crippen LogP contribution in [0.4, 0.5) is 5.82 Å². The van der Waals surface area contributed by atoms with Crippen LogP contribution in [0, 0.1) is 11.3 Å². The van der Waals surface area contributed by atoms with Crippen molar-refractivity contribution >= 4 is 17.6 Å². The van der Waals surface area contributed by atoms with Gasteiger partial charge in [-0.05, 0) is 0 Å². The second-order valence-corrected chi connectivity index (χ2v) is 5.28. The SMILES string of the molecule is N#Cc1cnc(CSc2nc(-c3ccccc3)co2)nc1N. The first kappa shape index (κ1) is 14.1. The summed E-state index contributed by atoms with van der Waals surface area (Å²) in [4.78, 5) is 12.6. The lowest BCUT2D eigenvalue weighted by Crippen LogP contribution is -2.00. The highest BCUT2D eigenvalue weighted by Gasteiger charge is 2.09. The van der Waals surface area contributed by atoms with Crippen LogP contribution in [-0.4, -0.2) is 15.0 Å². The third-order valence-electron chi connectivity index (χ3n) is 2.87. The molecule has 108 valence electrons. The van der Waals surface area contributed by atoms with Gasteiger partial charge in [-0.1, -0.05) is 42.1 Å². The fourth-order valence-electron chi connectivity index (χ4n) is 1.78. The van der Waals surface area contributed by atoms with Gasteiger partial charge in [0.2, 0.25) is 0 Å². The highest BCUT2D eigenvalue weighted by atomic mass is 32.2. The van der Waals surface area contributed by atoms with Crippen molar-refractivity contribution in [1.29, 1.82) is 5.26 Å². The Morgan fingerprint density at radius 1 is 1.23 bits per heavy atom. The first-order valence-electron chi connectivity index (χ1n) is 6.41. The number of hydrogen-bond donors (Lipinski definition) is 1. The van der Waals surface area contributed by atoms with Gasteiger partial charge in [0.05, 0.1) is 11.9 Å². The van der Waals surface area contributed by atoms with Crippen LogP contribution in [0.5, 0.6) is 0 Å². The van der Waals surface area contributed by atoms with Crippen LogP contribution >= 0.6 is 11.8 Å². The van der Waals surface area contributed by atoms with Gasteiger partial charge in [0.15, 0.2) is 0 Å². The Bertz CT molecular complexity index is 825. The molecule has 0 unspecified atom stereocenters. The van der Waals surface area contributed by atoms with Crippen LogP contribution in [0.3, 0.4) is 0 Å². The van der Waals surface area contributed by atoms with E-state index in [1.807, 2.05) is 36.4 Å². The average Bonchev–Trinajstić information content (AvgIpc) is 3.03. The number of hydrogen-bond acceptors (Lipinski definition) is 7. The largest absolute Gasteiger partial charge is 0.439 e. The molecule has 22 heavy (non-hydrogen) atoms. The Kier molecular flexibility index (Phi) is 4.03. The minimum absolute atomic E-state index is 0.186. The molecule has 7 heteroatoms. The lowest BCUT2D eigenvalue weighted by molar-refractivity contribution is 0.454. The molecule has 0 amide bonds. The number of nitrogens with two attached hydrogens (primary N) is 1. The Morgan fingerprint density at radius 3 is 2.77 bits per heavy atom. The van der Waals surface area contributed by atoms with Crippen LogP contribution < -0.4 is 5.73 Å². The van der Waals surface area contributed by atoms with Gasteiger partial charge in [-0.3, -0.25) is 0 Å². The van der Waals surface area contributed by atoms with Gasteiger partial charge in [-0.25, -0.2) is 15.0 Å². The first-order valence-corrected chi connectivity index (χ1v) is 7.40. The van der Waals surface area contributed by atoms with Crippen molar-refractivity contribution in [2.75, 3.05) is 5.73 Å². The van der Waals surface area contributed by atoms with Gasteiger partial charge >= 0.3 is 0 Å². The van der Waals surface area contributed by atoms with Crippen molar-refractivity contribution in [2.45, 2.75) is 11.0 Å². The van der Waals surface area contributed by atoms with Crippen LogP contribution in [0.2, 0.25) is 0 Å². The van der Waals surface area contributed by atoms with E-state index >= 15 is 0 Å². The third-order valence-corrected chi connectivity index (χ3v) is 3.70. The van der Waals surface area contributed by atoms with E-state index in [9.17, 15) is 0 Å². The van der Waals surface area contributed by atoms with E-state index < -0.39 is 0 Å². The molecule has 0 saturated carbocycles. The van der Waals surface area contributed by atoms with E-state index in [0.717, 1.165) is 11.3 Å². The number of nitriles is 1. The van der Waals surface area contributed by atoms with E-state index in [2.05, 4.69) is 15.0 Å². The number of thioether (sulfide) groups is 1. The third kappa shape index (κ3) is 3.07. The Labute approximate surface area is 131 Å². The van der Waals surface area contributed by atoms with Gasteiger partial charge in [0.1, 0.15) is 35.2 Å². The minimum Gasteiger partial charge on any atom is -0.439 e. The molecule has 0 radical (unpaired) electrons. The number of rotatable bonds is 4. The quantitative estimate of drug-likeness (QED) is 0.739. The summed E-state index contributed by atoms with van der Waals surface area (Å²) in [6.07, 6.45) is 3.04. The van der Waals surface area contributed by atoms with Gasteiger partial charge in [0, 0.05) is 5.56 Å². The molecule has 6 nitrogen and oxygen atoms in total. The molecule has 0 fully saturated rings. The fourth-order valence-corrected chi connectivity index (χ4v) is 2.45. The highest BCUT2D eigenvalue weighted by molar-refractivity contribution is 7.98. The van der Waals surface area contributed by atoms with Gasteiger partial charge in [-0.2, -0.15) is 5.26 Å². The van der Waals surface area contributed by atoms with Crippen LogP contribution in [-0.2, 0) is 5.75 Å². The molecule has 0 saturated heterocycles. The first-order chi connectivity index (χ1) is 10.8. The molecule has 0 aliphatic rings. The molecule has 3 rings (SSSR count). The zero-order chi connectivity index (χ0) is 15.4. The summed E-state index contributed by atoms with van der Waals surface area (Å²) in [6, 6.07) is 11.7. The van der Waals surface area contributed by atoms with Gasteiger partial charge < -0.3 is 10.2 Å². The molecule has 0 aliphatic heterocycles. The van der Waals surface area contributed by atoms with Crippen molar-refractivity contribution < 1.29 is 4.42 Å². The zero-order valence-electron chi connectivity index (χ0n) is 11.4. The normalized spacial score (nSPS) is 10.3. The van der Waals surface area contributed by atoms with Crippen LogP contribution in [0.15, 0.2) is 52.4 Å². The number of oxazole rings is 1. The van der Waals surface area contributed by atoms with Crippen LogP contribution in [0.1, 0.15) is 11.4 Å². The summed E-state index contributed by atoms with van der Waals surface area (Å²) in [6.45, 7) is 0. The standard InChI is InChI=1S/C15H11N5OS/c16-6-11-7-18-13(20-14(11)17)9-22-15-19-12(8-21-15)10-4-2-1-3-5-10/h1-5,7-8H,9H2,(H2,17,18,20). The van der Waals surface area contributed by atoms with Crippen molar-refractivity contribution in [3.63, 3.8) is 0 Å². The second kappa shape index (κ2) is 6.28. The topological polar surface area (TPSA) is 102 Å². The van der Waals surface area contributed by atoms with Gasteiger partial charge in [-0.15, -0.1) is 0 Å². The lowest BCUT2D eigenvalue weighted by atomic mass is 10.2. The number of anilines is 1. The predicted molar refractivity (Wildman–Crippen MR) is 82.7 cm³/mol. The molecule has 0 bridgehead atoms. The maximum atomic E-state index is 8.79. The molecule has 0 atom stereocenters. The van der Waals surface area contributed by atoms with Crippen LogP contribution in [0.25, 0.3) is 11.3 Å². The van der Waals surface area contributed by atoms with E-state index in [1.54, 1.807) is 6.26 Å². The van der Waals surface area contributed by atoms with E-state index in [1.165, 1.54) is 18.0 Å². The highest BCUT2D eigenvalue weighted by Crippen LogP contribution is 2.25. The van der Waals surface area contributed by atoms with Gasteiger partial charge in [0.25, 0.3) is 5.22 Å². The van der Waals surface area contributed by atoms with Crippen molar-refractivity contribution in [1.82, 2.24) is 15.0 Å². The summed E-state index contributed by atoms with van der Waals surface area (Å²) in [5, 5.41) is 9.32. The summed E-state index contributed by atoms with van der Waals surface area (Å²) in [5.41, 5.74) is 7.71. The summed E-state index contributed by atoms with van der Waals surface area (Å²) >= 11 is 1.37. The molecule has 2 aromatic heterocycles. The molecular weight excluding hydrogens is 298 g/mol. The molecular formula is C15H11N5OS. The molecule has 2 N–H and O–H groups in total. The fraction of sp³-hybridized carbons (Fsp3) is 0.0667.